The van der Waals surface area contributed by atoms with Crippen molar-refractivity contribution < 1.29 is 5.11 Å². The number of aryl methyl sites for hydroxylation is 2. The summed E-state index contributed by atoms with van der Waals surface area (Å²) in [6.07, 6.45) is 1.85. The first-order chi connectivity index (χ1) is 8.67. The van der Waals surface area contributed by atoms with E-state index < -0.39 is 0 Å². The molecule has 18 heavy (non-hydrogen) atoms. The number of aromatic nitrogens is 3. The van der Waals surface area contributed by atoms with Gasteiger partial charge in [0, 0.05) is 30.2 Å². The van der Waals surface area contributed by atoms with Gasteiger partial charge in [-0.2, -0.15) is 5.10 Å². The molecule has 0 amide bonds. The Kier molecular flexibility index (Phi) is 3.94. The molecule has 0 fully saturated rings. The Morgan fingerprint density at radius 3 is 2.67 bits per heavy atom. The minimum Gasteiger partial charge on any atom is -0.394 e. The lowest BCUT2D eigenvalue weighted by Crippen LogP contribution is -2.05. The van der Waals surface area contributed by atoms with E-state index in [9.17, 15) is 0 Å². The second kappa shape index (κ2) is 5.64. The summed E-state index contributed by atoms with van der Waals surface area (Å²) in [6, 6.07) is 6.02. The normalized spacial score (nSPS) is 10.6. The summed E-state index contributed by atoms with van der Waals surface area (Å²) in [5, 5.41) is 16.4. The van der Waals surface area contributed by atoms with Crippen LogP contribution in [0.1, 0.15) is 17.0 Å². The van der Waals surface area contributed by atoms with Gasteiger partial charge in [0.05, 0.1) is 13.2 Å². The van der Waals surface area contributed by atoms with E-state index >= 15 is 0 Å². The van der Waals surface area contributed by atoms with Crippen molar-refractivity contribution >= 4 is 5.82 Å². The van der Waals surface area contributed by atoms with Crippen molar-refractivity contribution in [2.45, 2.75) is 26.9 Å². The molecule has 0 bridgehead atoms. The maximum absolute atomic E-state index is 8.81. The summed E-state index contributed by atoms with van der Waals surface area (Å²) in [5.74, 6) is 0.815. The quantitative estimate of drug-likeness (QED) is 0.839. The smallest absolute Gasteiger partial charge is 0.148 e. The van der Waals surface area contributed by atoms with Crippen LogP contribution in [-0.4, -0.2) is 26.5 Å². The van der Waals surface area contributed by atoms with Crippen molar-refractivity contribution in [2.24, 2.45) is 0 Å². The number of nitrogens with zero attached hydrogens (tertiary/aromatic N) is 3. The van der Waals surface area contributed by atoms with Crippen LogP contribution in [-0.2, 0) is 13.1 Å². The molecular weight excluding hydrogens is 228 g/mol. The topological polar surface area (TPSA) is 63.0 Å². The lowest BCUT2D eigenvalue weighted by atomic mass is 10.2. The molecule has 0 atom stereocenters. The van der Waals surface area contributed by atoms with Gasteiger partial charge >= 0.3 is 0 Å². The number of nitrogens with one attached hydrogen (secondary N) is 1. The molecule has 5 heteroatoms. The number of rotatable bonds is 5. The molecule has 0 aromatic carbocycles. The summed E-state index contributed by atoms with van der Waals surface area (Å²) >= 11 is 0. The fourth-order valence-electron chi connectivity index (χ4n) is 1.90. The zero-order chi connectivity index (χ0) is 13.0. The van der Waals surface area contributed by atoms with E-state index in [4.69, 9.17) is 5.11 Å². The van der Waals surface area contributed by atoms with Crippen LogP contribution in [0.5, 0.6) is 0 Å². The summed E-state index contributed by atoms with van der Waals surface area (Å²) in [4.78, 5) is 4.34. The Balaban J connectivity index is 1.97. The van der Waals surface area contributed by atoms with Crippen LogP contribution >= 0.6 is 0 Å². The number of anilines is 1. The van der Waals surface area contributed by atoms with Gasteiger partial charge in [0.1, 0.15) is 5.82 Å². The monoisotopic (exact) mass is 246 g/mol. The van der Waals surface area contributed by atoms with Crippen LogP contribution in [0.2, 0.25) is 0 Å². The minimum absolute atomic E-state index is 0.101. The summed E-state index contributed by atoms with van der Waals surface area (Å²) in [7, 11) is 0. The molecule has 0 aliphatic heterocycles. The molecule has 2 N–H and O–H groups in total. The number of aliphatic hydroxyl groups excluding tert-OH is 1. The third-order valence-corrected chi connectivity index (χ3v) is 2.58. The molecule has 0 saturated heterocycles. The highest BCUT2D eigenvalue weighted by Crippen LogP contribution is 2.08. The lowest BCUT2D eigenvalue weighted by Gasteiger charge is -2.05. The lowest BCUT2D eigenvalue weighted by molar-refractivity contribution is 0.269. The van der Waals surface area contributed by atoms with Gasteiger partial charge in [0.2, 0.25) is 0 Å². The van der Waals surface area contributed by atoms with Crippen molar-refractivity contribution in [1.29, 1.82) is 0 Å². The molecule has 5 nitrogen and oxygen atoms in total. The van der Waals surface area contributed by atoms with Gasteiger partial charge < -0.3 is 10.4 Å². The van der Waals surface area contributed by atoms with E-state index in [1.165, 1.54) is 5.56 Å². The van der Waals surface area contributed by atoms with Crippen LogP contribution in [0.25, 0.3) is 0 Å². The fraction of sp³-hybridized carbons (Fsp3) is 0.385. The number of pyridine rings is 1. The molecule has 2 aromatic rings. The SMILES string of the molecule is Cc1cc(CNc2ccn(CCO)n2)cc(C)n1. The van der Waals surface area contributed by atoms with Gasteiger partial charge in [-0.1, -0.05) is 0 Å². The van der Waals surface area contributed by atoms with Crippen molar-refractivity contribution in [1.82, 2.24) is 14.8 Å². The maximum Gasteiger partial charge on any atom is 0.148 e. The Hall–Kier alpha value is -1.88. The highest BCUT2D eigenvalue weighted by atomic mass is 16.3. The van der Waals surface area contributed by atoms with E-state index in [0.717, 1.165) is 23.8 Å². The molecule has 0 radical (unpaired) electrons. The molecule has 0 aliphatic carbocycles. The van der Waals surface area contributed by atoms with Gasteiger partial charge in [-0.05, 0) is 31.5 Å². The number of hydrogen-bond acceptors (Lipinski definition) is 4. The average molecular weight is 246 g/mol. The molecule has 2 rings (SSSR count). The summed E-state index contributed by atoms with van der Waals surface area (Å²) < 4.78 is 1.71. The standard InChI is InChI=1S/C13H18N4O/c1-10-7-12(8-11(2)15-10)9-14-13-3-4-17(16-13)5-6-18/h3-4,7-8,18H,5-6,9H2,1-2H3,(H,14,16). The van der Waals surface area contributed by atoms with Gasteiger partial charge in [-0.15, -0.1) is 0 Å². The Bertz CT molecular complexity index is 501. The van der Waals surface area contributed by atoms with Crippen LogP contribution in [0.4, 0.5) is 5.82 Å². The molecule has 2 aromatic heterocycles. The molecular formula is C13H18N4O. The van der Waals surface area contributed by atoms with Crippen molar-refractivity contribution in [2.75, 3.05) is 11.9 Å². The predicted octanol–water partition coefficient (Wildman–Crippen LogP) is 1.50. The van der Waals surface area contributed by atoms with Gasteiger partial charge in [0.15, 0.2) is 0 Å². The predicted molar refractivity (Wildman–Crippen MR) is 70.4 cm³/mol. The first-order valence-electron chi connectivity index (χ1n) is 6.00. The molecule has 0 unspecified atom stereocenters. The van der Waals surface area contributed by atoms with Crippen LogP contribution in [0.15, 0.2) is 24.4 Å². The zero-order valence-electron chi connectivity index (χ0n) is 10.7. The third-order valence-electron chi connectivity index (χ3n) is 2.58. The highest BCUT2D eigenvalue weighted by Gasteiger charge is 2.00. The van der Waals surface area contributed by atoms with E-state index in [0.29, 0.717) is 6.54 Å². The average Bonchev–Trinajstić information content (AvgIpc) is 2.74. The van der Waals surface area contributed by atoms with Crippen molar-refractivity contribution in [3.05, 3.63) is 41.3 Å². The maximum atomic E-state index is 8.81. The van der Waals surface area contributed by atoms with Gasteiger partial charge in [-0.25, -0.2) is 0 Å². The molecule has 96 valence electrons. The van der Waals surface area contributed by atoms with E-state index in [2.05, 4.69) is 27.5 Å². The fourth-order valence-corrected chi connectivity index (χ4v) is 1.90. The van der Waals surface area contributed by atoms with Crippen LogP contribution in [0.3, 0.4) is 0 Å². The minimum atomic E-state index is 0.101. The summed E-state index contributed by atoms with van der Waals surface area (Å²) in [6.45, 7) is 5.33. The van der Waals surface area contributed by atoms with E-state index in [-0.39, 0.29) is 6.61 Å². The second-order valence-electron chi connectivity index (χ2n) is 4.30. The first kappa shape index (κ1) is 12.6. The van der Waals surface area contributed by atoms with E-state index in [1.807, 2.05) is 26.1 Å². The third kappa shape index (κ3) is 3.30. The molecule has 0 spiro atoms. The van der Waals surface area contributed by atoms with Crippen molar-refractivity contribution in [3.63, 3.8) is 0 Å². The Morgan fingerprint density at radius 1 is 1.28 bits per heavy atom. The second-order valence-corrected chi connectivity index (χ2v) is 4.30. The summed E-state index contributed by atoms with van der Waals surface area (Å²) in [5.41, 5.74) is 3.24. The van der Waals surface area contributed by atoms with E-state index in [1.54, 1.807) is 4.68 Å². The number of aliphatic hydroxyl groups is 1. The van der Waals surface area contributed by atoms with Crippen LogP contribution in [0, 0.1) is 13.8 Å². The van der Waals surface area contributed by atoms with Crippen molar-refractivity contribution in [3.8, 4) is 0 Å². The van der Waals surface area contributed by atoms with Gasteiger partial charge in [-0.3, -0.25) is 9.67 Å². The molecule has 2 heterocycles. The zero-order valence-corrected chi connectivity index (χ0v) is 10.7. The Labute approximate surface area is 106 Å². The van der Waals surface area contributed by atoms with Gasteiger partial charge in [0.25, 0.3) is 0 Å². The largest absolute Gasteiger partial charge is 0.394 e. The Morgan fingerprint density at radius 2 is 2.00 bits per heavy atom. The van der Waals surface area contributed by atoms with Crippen LogP contribution < -0.4 is 5.32 Å². The molecule has 0 aliphatic rings. The highest BCUT2D eigenvalue weighted by molar-refractivity contribution is 5.34. The molecule has 0 saturated carbocycles. The number of hydrogen-bond donors (Lipinski definition) is 2. The first-order valence-corrected chi connectivity index (χ1v) is 6.00.